The molecule has 0 saturated heterocycles. The molecule has 1 aromatic rings. The number of primary amides is 2. The van der Waals surface area contributed by atoms with Gasteiger partial charge in [-0.1, -0.05) is 12.1 Å². The van der Waals surface area contributed by atoms with Gasteiger partial charge in [-0.3, -0.25) is 9.59 Å². The molecule has 0 aromatic heterocycles. The molecule has 5 N–H and O–H groups in total. The number of allylic oxidation sites excluding steroid dienone is 1. The lowest BCUT2D eigenvalue weighted by atomic mass is 10.1. The standard InChI is InChI=1S/C18H20N4O5/c1-9-3-5-11-14(15(9)27-18(20)25)21-16(26-2)12-7-10(4-6-13(19)23)8-22(12)17(11)24/h3-6,8,12,16,21H,7H2,1-2H3,(H2,19,23)(H2,20,25). The van der Waals surface area contributed by atoms with Crippen LogP contribution in [0.3, 0.4) is 0 Å². The van der Waals surface area contributed by atoms with Crippen molar-refractivity contribution in [1.29, 1.82) is 0 Å². The fraction of sp³-hybridized carbons (Fsp3) is 0.278. The first-order valence-electron chi connectivity index (χ1n) is 8.23. The van der Waals surface area contributed by atoms with Gasteiger partial charge in [0.05, 0.1) is 17.3 Å². The number of rotatable bonds is 4. The lowest BCUT2D eigenvalue weighted by Crippen LogP contribution is -2.43. The number of amides is 3. The normalized spacial score (nSPS) is 21.2. The fourth-order valence-electron chi connectivity index (χ4n) is 3.26. The summed E-state index contributed by atoms with van der Waals surface area (Å²) in [6.45, 7) is 1.74. The van der Waals surface area contributed by atoms with Gasteiger partial charge in [0.1, 0.15) is 6.23 Å². The molecule has 0 fully saturated rings. The summed E-state index contributed by atoms with van der Waals surface area (Å²) in [5, 5.41) is 3.14. The molecular formula is C18H20N4O5. The van der Waals surface area contributed by atoms with E-state index in [1.165, 1.54) is 18.1 Å². The highest BCUT2D eigenvalue weighted by Gasteiger charge is 2.40. The Bertz CT molecular complexity index is 877. The minimum Gasteiger partial charge on any atom is -0.408 e. The summed E-state index contributed by atoms with van der Waals surface area (Å²) in [6.07, 6.45) is 3.38. The van der Waals surface area contributed by atoms with E-state index in [0.717, 1.165) is 5.57 Å². The van der Waals surface area contributed by atoms with Crippen molar-refractivity contribution in [2.75, 3.05) is 12.4 Å². The number of aryl methyl sites for hydroxylation is 1. The number of carbonyl (C=O) groups is 3. The smallest absolute Gasteiger partial charge is 0.408 e. The fourth-order valence-corrected chi connectivity index (χ4v) is 3.26. The number of benzene rings is 1. The van der Waals surface area contributed by atoms with Crippen molar-refractivity contribution in [2.45, 2.75) is 25.6 Å². The Morgan fingerprint density at radius 1 is 1.33 bits per heavy atom. The third kappa shape index (κ3) is 3.49. The van der Waals surface area contributed by atoms with Gasteiger partial charge in [0, 0.05) is 19.4 Å². The van der Waals surface area contributed by atoms with Crippen molar-refractivity contribution in [3.05, 3.63) is 47.2 Å². The van der Waals surface area contributed by atoms with Crippen LogP contribution in [0.5, 0.6) is 5.75 Å². The lowest BCUT2D eigenvalue weighted by molar-refractivity contribution is -0.113. The van der Waals surface area contributed by atoms with Gasteiger partial charge in [-0.05, 0) is 30.5 Å². The molecule has 2 atom stereocenters. The number of methoxy groups -OCH3 is 1. The lowest BCUT2D eigenvalue weighted by Gasteiger charge is -2.27. The van der Waals surface area contributed by atoms with Gasteiger partial charge >= 0.3 is 6.09 Å². The van der Waals surface area contributed by atoms with Gasteiger partial charge in [0.25, 0.3) is 5.91 Å². The van der Waals surface area contributed by atoms with Crippen LogP contribution in [0, 0.1) is 6.92 Å². The van der Waals surface area contributed by atoms with E-state index >= 15 is 0 Å². The van der Waals surface area contributed by atoms with Gasteiger partial charge in [-0.2, -0.15) is 0 Å². The third-order valence-electron chi connectivity index (χ3n) is 4.48. The number of carbonyl (C=O) groups excluding carboxylic acids is 3. The highest BCUT2D eigenvalue weighted by atomic mass is 16.5. The molecule has 27 heavy (non-hydrogen) atoms. The molecular weight excluding hydrogens is 352 g/mol. The van der Waals surface area contributed by atoms with Gasteiger partial charge in [0.2, 0.25) is 5.91 Å². The van der Waals surface area contributed by atoms with Crippen LogP contribution in [0.2, 0.25) is 0 Å². The quantitative estimate of drug-likeness (QED) is 0.674. The Morgan fingerprint density at radius 3 is 2.70 bits per heavy atom. The van der Waals surface area contributed by atoms with E-state index in [-0.39, 0.29) is 17.7 Å². The molecule has 3 amide bonds. The summed E-state index contributed by atoms with van der Waals surface area (Å²) in [6, 6.07) is 2.96. The number of nitrogens with one attached hydrogen (secondary N) is 1. The molecule has 0 bridgehead atoms. The Hall–Kier alpha value is -3.33. The molecule has 142 valence electrons. The molecule has 3 rings (SSSR count). The average molecular weight is 372 g/mol. The third-order valence-corrected chi connectivity index (χ3v) is 4.48. The van der Waals surface area contributed by atoms with E-state index in [1.54, 1.807) is 31.3 Å². The Labute approximate surface area is 155 Å². The maximum Gasteiger partial charge on any atom is 0.410 e. The summed E-state index contributed by atoms with van der Waals surface area (Å²) in [4.78, 5) is 36.9. The van der Waals surface area contributed by atoms with Crippen molar-refractivity contribution < 1.29 is 23.9 Å². The van der Waals surface area contributed by atoms with Crippen LogP contribution in [0.25, 0.3) is 0 Å². The molecule has 9 nitrogen and oxygen atoms in total. The zero-order valence-corrected chi connectivity index (χ0v) is 14.9. The second kappa shape index (κ2) is 7.12. The number of nitrogens with zero attached hydrogens (tertiary/aromatic N) is 1. The maximum absolute atomic E-state index is 13.1. The van der Waals surface area contributed by atoms with Crippen LogP contribution < -0.4 is 21.5 Å². The second-order valence-electron chi connectivity index (χ2n) is 6.28. The summed E-state index contributed by atoms with van der Waals surface area (Å²) >= 11 is 0. The van der Waals surface area contributed by atoms with Crippen LogP contribution >= 0.6 is 0 Å². The molecule has 2 aliphatic rings. The molecule has 0 radical (unpaired) electrons. The molecule has 0 saturated carbocycles. The zero-order chi connectivity index (χ0) is 19.7. The van der Waals surface area contributed by atoms with E-state index in [9.17, 15) is 14.4 Å². The Kier molecular flexibility index (Phi) is 4.87. The number of ether oxygens (including phenoxy) is 2. The van der Waals surface area contributed by atoms with E-state index < -0.39 is 18.2 Å². The second-order valence-corrected chi connectivity index (χ2v) is 6.28. The predicted octanol–water partition coefficient (Wildman–Crippen LogP) is 0.990. The molecule has 0 spiro atoms. The molecule has 2 heterocycles. The van der Waals surface area contributed by atoms with Crippen molar-refractivity contribution in [2.24, 2.45) is 11.5 Å². The van der Waals surface area contributed by atoms with Gasteiger partial charge in [-0.15, -0.1) is 0 Å². The summed E-state index contributed by atoms with van der Waals surface area (Å²) in [5.41, 5.74) is 12.4. The molecule has 2 aliphatic heterocycles. The van der Waals surface area contributed by atoms with Gasteiger partial charge in [-0.25, -0.2) is 4.79 Å². The summed E-state index contributed by atoms with van der Waals surface area (Å²) < 4.78 is 10.7. The summed E-state index contributed by atoms with van der Waals surface area (Å²) in [7, 11) is 1.51. The Morgan fingerprint density at radius 2 is 2.07 bits per heavy atom. The molecule has 1 aromatic carbocycles. The highest BCUT2D eigenvalue weighted by molar-refractivity contribution is 6.03. The minimum atomic E-state index is -0.974. The monoisotopic (exact) mass is 372 g/mol. The van der Waals surface area contributed by atoms with Crippen LogP contribution in [0.4, 0.5) is 10.5 Å². The minimum absolute atomic E-state index is 0.189. The van der Waals surface area contributed by atoms with Crippen LogP contribution in [0.1, 0.15) is 22.3 Å². The summed E-state index contributed by atoms with van der Waals surface area (Å²) in [5.74, 6) is -0.673. The van der Waals surface area contributed by atoms with Crippen molar-refractivity contribution >= 4 is 23.6 Å². The molecule has 9 heteroatoms. The number of nitrogens with two attached hydrogens (primary N) is 2. The largest absolute Gasteiger partial charge is 0.410 e. The van der Waals surface area contributed by atoms with Crippen LogP contribution in [0.15, 0.2) is 36.1 Å². The van der Waals surface area contributed by atoms with Gasteiger partial charge in [0.15, 0.2) is 5.75 Å². The van der Waals surface area contributed by atoms with Crippen LogP contribution in [-0.4, -0.2) is 42.2 Å². The first-order valence-corrected chi connectivity index (χ1v) is 8.23. The van der Waals surface area contributed by atoms with E-state index in [1.807, 2.05) is 0 Å². The number of hydrogen-bond acceptors (Lipinski definition) is 6. The Balaban J connectivity index is 2.06. The van der Waals surface area contributed by atoms with Gasteiger partial charge < -0.3 is 31.2 Å². The number of fused-ring (bicyclic) bond motifs is 2. The van der Waals surface area contributed by atoms with Crippen molar-refractivity contribution in [3.8, 4) is 5.75 Å². The van der Waals surface area contributed by atoms with Crippen LogP contribution in [-0.2, 0) is 9.53 Å². The van der Waals surface area contributed by atoms with Crippen molar-refractivity contribution in [1.82, 2.24) is 4.90 Å². The van der Waals surface area contributed by atoms with E-state index in [0.29, 0.717) is 23.2 Å². The first-order chi connectivity index (χ1) is 12.8. The predicted molar refractivity (Wildman–Crippen MR) is 96.8 cm³/mol. The van der Waals surface area contributed by atoms with Crippen molar-refractivity contribution in [3.63, 3.8) is 0 Å². The first kappa shape index (κ1) is 18.5. The average Bonchev–Trinajstić information content (AvgIpc) is 2.99. The molecule has 0 aliphatic carbocycles. The zero-order valence-electron chi connectivity index (χ0n) is 14.9. The maximum atomic E-state index is 13.1. The SMILES string of the molecule is COC1Nc2c(ccc(C)c2OC(N)=O)C(=O)N2C=C(C=CC(N)=O)CC12. The molecule has 2 unspecified atom stereocenters. The topological polar surface area (TPSA) is 137 Å². The van der Waals surface area contributed by atoms with E-state index in [4.69, 9.17) is 20.9 Å². The highest BCUT2D eigenvalue weighted by Crippen LogP contribution is 2.39. The number of hydrogen-bond donors (Lipinski definition) is 3. The number of anilines is 1. The van der Waals surface area contributed by atoms with E-state index in [2.05, 4.69) is 5.32 Å².